The zero-order valence-corrected chi connectivity index (χ0v) is 16.5. The standard InChI is InChI=1S/C15H22BrN2O6P/c1-3-7-18(10-25(21,22)23)15(20)17-13(14(19)24-2)9-11-5-4-6-12(16)8-11/h4-6,8,13H,3,7,9-10H2,1-2H3,(H,17,20)(H2,21,22,23)/t13-/m0/s1. The second-order valence-electron chi connectivity index (χ2n) is 5.43. The molecule has 0 bridgehead atoms. The number of carbonyl (C=O) groups is 2. The molecule has 0 heterocycles. The lowest BCUT2D eigenvalue weighted by atomic mass is 10.1. The topological polar surface area (TPSA) is 116 Å². The average molecular weight is 437 g/mol. The van der Waals surface area contributed by atoms with Gasteiger partial charge < -0.3 is 24.7 Å². The highest BCUT2D eigenvalue weighted by molar-refractivity contribution is 9.10. The van der Waals surface area contributed by atoms with Crippen molar-refractivity contribution in [3.8, 4) is 0 Å². The number of urea groups is 1. The molecule has 0 spiro atoms. The zero-order valence-electron chi connectivity index (χ0n) is 14.0. The van der Waals surface area contributed by atoms with E-state index in [1.54, 1.807) is 19.1 Å². The quantitative estimate of drug-likeness (QED) is 0.424. The maximum absolute atomic E-state index is 12.4. The van der Waals surface area contributed by atoms with Gasteiger partial charge in [0.05, 0.1) is 7.11 Å². The van der Waals surface area contributed by atoms with Crippen LogP contribution in [0.3, 0.4) is 0 Å². The maximum atomic E-state index is 12.4. The number of hydrogen-bond acceptors (Lipinski definition) is 4. The number of carbonyl (C=O) groups excluding carboxylic acids is 2. The van der Waals surface area contributed by atoms with Crippen molar-refractivity contribution in [2.24, 2.45) is 0 Å². The van der Waals surface area contributed by atoms with Gasteiger partial charge in [-0.3, -0.25) is 4.57 Å². The summed E-state index contributed by atoms with van der Waals surface area (Å²) < 4.78 is 16.7. The van der Waals surface area contributed by atoms with Gasteiger partial charge in [0.25, 0.3) is 0 Å². The van der Waals surface area contributed by atoms with Crippen LogP contribution in [0.2, 0.25) is 0 Å². The van der Waals surface area contributed by atoms with Gasteiger partial charge in [0, 0.05) is 17.4 Å². The second-order valence-corrected chi connectivity index (χ2v) is 7.96. The molecule has 1 aromatic rings. The van der Waals surface area contributed by atoms with Gasteiger partial charge in [0.2, 0.25) is 0 Å². The summed E-state index contributed by atoms with van der Waals surface area (Å²) in [7, 11) is -3.20. The number of ether oxygens (including phenoxy) is 1. The van der Waals surface area contributed by atoms with Crippen molar-refractivity contribution in [2.75, 3.05) is 19.9 Å². The third-order valence-corrected chi connectivity index (χ3v) is 4.45. The largest absolute Gasteiger partial charge is 0.467 e. The van der Waals surface area contributed by atoms with E-state index in [1.807, 2.05) is 12.1 Å². The third-order valence-electron chi connectivity index (χ3n) is 3.25. The highest BCUT2D eigenvalue weighted by Crippen LogP contribution is 2.35. The highest BCUT2D eigenvalue weighted by Gasteiger charge is 2.28. The van der Waals surface area contributed by atoms with E-state index < -0.39 is 31.9 Å². The summed E-state index contributed by atoms with van der Waals surface area (Å²) in [6, 6.07) is 5.54. The Hall–Kier alpha value is -1.41. The molecule has 1 rings (SSSR count). The van der Waals surface area contributed by atoms with Crippen LogP contribution >= 0.6 is 23.5 Å². The molecule has 1 atom stereocenters. The Morgan fingerprint density at radius 1 is 1.40 bits per heavy atom. The number of benzene rings is 1. The monoisotopic (exact) mass is 436 g/mol. The normalized spacial score (nSPS) is 12.4. The number of rotatable bonds is 8. The van der Waals surface area contributed by atoms with Gasteiger partial charge in [0.1, 0.15) is 12.3 Å². The number of nitrogens with zero attached hydrogens (tertiary/aromatic N) is 1. The Morgan fingerprint density at radius 3 is 2.60 bits per heavy atom. The Labute approximate surface area is 154 Å². The van der Waals surface area contributed by atoms with Crippen LogP contribution in [-0.4, -0.2) is 52.7 Å². The molecule has 0 saturated heterocycles. The van der Waals surface area contributed by atoms with Crippen LogP contribution in [0.25, 0.3) is 0 Å². The predicted octanol–water partition coefficient (Wildman–Crippen LogP) is 2.09. The molecular formula is C15H22BrN2O6P. The fraction of sp³-hybridized carbons (Fsp3) is 0.467. The molecule has 140 valence electrons. The Morgan fingerprint density at radius 2 is 2.08 bits per heavy atom. The lowest BCUT2D eigenvalue weighted by Crippen LogP contribution is -2.49. The molecule has 10 heteroatoms. The van der Waals surface area contributed by atoms with Crippen molar-refractivity contribution in [2.45, 2.75) is 25.8 Å². The molecule has 2 amide bonds. The van der Waals surface area contributed by atoms with Gasteiger partial charge in [-0.05, 0) is 24.1 Å². The number of nitrogens with one attached hydrogen (secondary N) is 1. The summed E-state index contributed by atoms with van der Waals surface area (Å²) in [5, 5.41) is 2.50. The van der Waals surface area contributed by atoms with E-state index in [1.165, 1.54) is 7.11 Å². The molecule has 0 aliphatic heterocycles. The van der Waals surface area contributed by atoms with Crippen LogP contribution in [-0.2, 0) is 20.5 Å². The van der Waals surface area contributed by atoms with Gasteiger partial charge >= 0.3 is 19.6 Å². The van der Waals surface area contributed by atoms with E-state index in [2.05, 4.69) is 21.2 Å². The highest BCUT2D eigenvalue weighted by atomic mass is 79.9. The molecule has 0 fully saturated rings. The first kappa shape index (κ1) is 21.6. The lowest BCUT2D eigenvalue weighted by molar-refractivity contribution is -0.142. The smallest absolute Gasteiger partial charge is 0.344 e. The minimum absolute atomic E-state index is 0.154. The van der Waals surface area contributed by atoms with E-state index in [0.717, 1.165) is 14.9 Å². The number of halogens is 1. The minimum atomic E-state index is -4.41. The van der Waals surface area contributed by atoms with Crippen molar-refractivity contribution in [3.05, 3.63) is 34.3 Å². The van der Waals surface area contributed by atoms with Crippen LogP contribution in [0.15, 0.2) is 28.7 Å². The second kappa shape index (κ2) is 9.91. The van der Waals surface area contributed by atoms with Gasteiger partial charge in [-0.25, -0.2) is 9.59 Å². The summed E-state index contributed by atoms with van der Waals surface area (Å²) >= 11 is 3.34. The molecule has 0 aromatic heterocycles. The fourth-order valence-electron chi connectivity index (χ4n) is 2.20. The number of esters is 1. The average Bonchev–Trinajstić information content (AvgIpc) is 2.51. The summed E-state index contributed by atoms with van der Waals surface area (Å²) in [6.07, 6.45) is -0.00682. The molecule has 0 aliphatic carbocycles. The van der Waals surface area contributed by atoms with E-state index in [4.69, 9.17) is 14.5 Å². The zero-order chi connectivity index (χ0) is 19.0. The van der Waals surface area contributed by atoms with Gasteiger partial charge in [-0.1, -0.05) is 35.0 Å². The summed E-state index contributed by atoms with van der Waals surface area (Å²) in [4.78, 5) is 43.6. The number of methoxy groups -OCH3 is 1. The van der Waals surface area contributed by atoms with Crippen LogP contribution in [0.4, 0.5) is 4.79 Å². The number of amides is 2. The van der Waals surface area contributed by atoms with E-state index in [9.17, 15) is 14.2 Å². The minimum Gasteiger partial charge on any atom is -0.467 e. The molecule has 1 aromatic carbocycles. The molecule has 3 N–H and O–H groups in total. The van der Waals surface area contributed by atoms with Gasteiger partial charge in [-0.2, -0.15) is 0 Å². The van der Waals surface area contributed by atoms with Crippen LogP contribution in [0.1, 0.15) is 18.9 Å². The van der Waals surface area contributed by atoms with Gasteiger partial charge in [-0.15, -0.1) is 0 Å². The first-order valence-corrected chi connectivity index (χ1v) is 10.2. The molecular weight excluding hydrogens is 415 g/mol. The summed E-state index contributed by atoms with van der Waals surface area (Å²) in [6.45, 7) is 1.93. The maximum Gasteiger partial charge on any atom is 0.344 e. The SMILES string of the molecule is CCCN(CP(=O)(O)O)C(=O)N[C@@H](Cc1cccc(Br)c1)C(=O)OC. The van der Waals surface area contributed by atoms with Crippen molar-refractivity contribution in [1.82, 2.24) is 10.2 Å². The number of hydrogen-bond donors (Lipinski definition) is 3. The Kier molecular flexibility index (Phi) is 8.58. The van der Waals surface area contributed by atoms with Crippen LogP contribution < -0.4 is 5.32 Å². The first-order chi connectivity index (χ1) is 11.7. The third kappa shape index (κ3) is 8.00. The molecule has 0 unspecified atom stereocenters. The molecule has 8 nitrogen and oxygen atoms in total. The summed E-state index contributed by atoms with van der Waals surface area (Å²) in [5.74, 6) is -0.638. The Balaban J connectivity index is 2.90. The van der Waals surface area contributed by atoms with E-state index >= 15 is 0 Å². The van der Waals surface area contributed by atoms with Crippen molar-refractivity contribution >= 4 is 35.5 Å². The molecule has 0 saturated carbocycles. The fourth-order valence-corrected chi connectivity index (χ4v) is 3.37. The molecule has 0 aliphatic rings. The van der Waals surface area contributed by atoms with Crippen molar-refractivity contribution in [1.29, 1.82) is 0 Å². The van der Waals surface area contributed by atoms with Crippen molar-refractivity contribution in [3.63, 3.8) is 0 Å². The van der Waals surface area contributed by atoms with Crippen molar-refractivity contribution < 1.29 is 28.7 Å². The van der Waals surface area contributed by atoms with Crippen LogP contribution in [0, 0.1) is 0 Å². The molecule has 25 heavy (non-hydrogen) atoms. The molecule has 0 radical (unpaired) electrons. The predicted molar refractivity (Wildman–Crippen MR) is 96.1 cm³/mol. The van der Waals surface area contributed by atoms with Gasteiger partial charge in [0.15, 0.2) is 0 Å². The van der Waals surface area contributed by atoms with E-state index in [0.29, 0.717) is 6.42 Å². The Bertz CT molecular complexity index is 651. The summed E-state index contributed by atoms with van der Waals surface area (Å²) in [5.41, 5.74) is 0.794. The van der Waals surface area contributed by atoms with Crippen LogP contribution in [0.5, 0.6) is 0 Å². The first-order valence-electron chi connectivity index (χ1n) is 7.58. The van der Waals surface area contributed by atoms with E-state index in [-0.39, 0.29) is 13.0 Å². The lowest BCUT2D eigenvalue weighted by Gasteiger charge is -2.25.